The van der Waals surface area contributed by atoms with Gasteiger partial charge in [0, 0.05) is 0 Å². The van der Waals surface area contributed by atoms with Crippen molar-refractivity contribution in [2.24, 2.45) is 0 Å². The van der Waals surface area contributed by atoms with Gasteiger partial charge in [0.05, 0.1) is 0 Å². The average Bonchev–Trinajstić information content (AvgIpc) is 2.66. The van der Waals surface area contributed by atoms with Crippen molar-refractivity contribution in [2.75, 3.05) is 11.5 Å². The monoisotopic (exact) mass is 454 g/mol. The molecule has 0 saturated heterocycles. The maximum absolute atomic E-state index is 9.53. The van der Waals surface area contributed by atoms with Gasteiger partial charge in [-0.1, -0.05) is 104 Å². The smallest absolute Gasteiger partial charge is 0.328 e. The predicted molar refractivity (Wildman–Crippen MR) is 131 cm³/mol. The Balaban J connectivity index is 4.17. The van der Waals surface area contributed by atoms with Crippen molar-refractivity contribution in [3.63, 3.8) is 0 Å². The molecule has 0 saturated carbocycles. The van der Waals surface area contributed by atoms with Crippen LogP contribution in [0.5, 0.6) is 0 Å². The first-order valence-corrected chi connectivity index (χ1v) is 14.9. The van der Waals surface area contributed by atoms with Crippen molar-refractivity contribution >= 4 is 32.1 Å². The molecule has 0 aromatic heterocycles. The molecule has 170 valence electrons. The molecule has 6 heteroatoms. The summed E-state index contributed by atoms with van der Waals surface area (Å²) < 4.78 is 5.22. The highest BCUT2D eigenvalue weighted by molar-refractivity contribution is 8.18. The molecule has 0 amide bonds. The van der Waals surface area contributed by atoms with E-state index in [-0.39, 0.29) is 0 Å². The minimum Gasteiger partial charge on any atom is -0.328 e. The van der Waals surface area contributed by atoms with Gasteiger partial charge in [-0.2, -0.15) is 0 Å². The fourth-order valence-electron chi connectivity index (χ4n) is 3.29. The number of hydrogen-bond donors (Lipinski definition) is 2. The quantitative estimate of drug-likeness (QED) is 0.0973. The minimum atomic E-state index is -2.31. The Morgan fingerprint density at radius 2 is 1.00 bits per heavy atom. The Kier molecular flexibility index (Phi) is 22.0. The number of rotatable bonds is 22. The molecule has 0 aliphatic heterocycles. The van der Waals surface area contributed by atoms with Crippen LogP contribution < -0.4 is 0 Å². The molecule has 0 aromatic rings. The lowest BCUT2D eigenvalue weighted by atomic mass is 10.1. The molecule has 0 aliphatic carbocycles. The fraction of sp³-hybridized carbons (Fsp3) is 1.00. The first kappa shape index (κ1) is 29.0. The Bertz CT molecular complexity index is 300. The second kappa shape index (κ2) is 21.2. The summed E-state index contributed by atoms with van der Waals surface area (Å²) in [5.74, 6) is 2.09. The predicted octanol–water partition coefficient (Wildman–Crippen LogP) is 8.64. The fourth-order valence-corrected chi connectivity index (χ4v) is 7.30. The SMILES string of the molecule is CCCCCCCCCSC(CCC)(OP(O)O)SCCCCCCCCC. The number of thioether (sulfide) groups is 2. The second-order valence-corrected chi connectivity index (χ2v) is 11.4. The number of hydrogen-bond acceptors (Lipinski definition) is 5. The molecule has 0 bridgehead atoms. The lowest BCUT2D eigenvalue weighted by molar-refractivity contribution is 0.203. The summed E-state index contributed by atoms with van der Waals surface area (Å²) in [6, 6.07) is 0. The van der Waals surface area contributed by atoms with E-state index in [2.05, 4.69) is 20.8 Å². The van der Waals surface area contributed by atoms with Crippen LogP contribution in [-0.2, 0) is 4.52 Å². The maximum Gasteiger partial charge on any atom is 0.329 e. The van der Waals surface area contributed by atoms with E-state index >= 15 is 0 Å². The van der Waals surface area contributed by atoms with Crippen LogP contribution in [0.15, 0.2) is 0 Å². The van der Waals surface area contributed by atoms with E-state index in [0.717, 1.165) is 24.3 Å². The molecular weight excluding hydrogens is 407 g/mol. The van der Waals surface area contributed by atoms with E-state index in [9.17, 15) is 9.79 Å². The third kappa shape index (κ3) is 17.8. The van der Waals surface area contributed by atoms with Gasteiger partial charge in [0.15, 0.2) is 4.27 Å². The lowest BCUT2D eigenvalue weighted by Crippen LogP contribution is -2.24. The summed E-state index contributed by atoms with van der Waals surface area (Å²) in [5, 5.41) is 0. The summed E-state index contributed by atoms with van der Waals surface area (Å²) >= 11 is 3.60. The van der Waals surface area contributed by atoms with Gasteiger partial charge in [-0.15, -0.1) is 23.5 Å². The Labute approximate surface area is 185 Å². The van der Waals surface area contributed by atoms with Crippen LogP contribution >= 0.6 is 32.1 Å². The van der Waals surface area contributed by atoms with Crippen molar-refractivity contribution in [1.29, 1.82) is 0 Å². The van der Waals surface area contributed by atoms with Crippen LogP contribution in [0.1, 0.15) is 124 Å². The Morgan fingerprint density at radius 3 is 1.36 bits per heavy atom. The van der Waals surface area contributed by atoms with Crippen LogP contribution in [0, 0.1) is 0 Å². The first-order valence-electron chi connectivity index (χ1n) is 11.7. The summed E-state index contributed by atoms with van der Waals surface area (Å²) in [7, 11) is -2.31. The van der Waals surface area contributed by atoms with E-state index in [1.165, 1.54) is 89.9 Å². The molecule has 0 radical (unpaired) electrons. The zero-order chi connectivity index (χ0) is 20.9. The third-order valence-electron chi connectivity index (χ3n) is 4.92. The average molecular weight is 455 g/mol. The zero-order valence-corrected chi connectivity index (χ0v) is 21.3. The normalized spacial score (nSPS) is 12.2. The number of unbranched alkanes of at least 4 members (excludes halogenated alkanes) is 12. The van der Waals surface area contributed by atoms with Crippen molar-refractivity contribution in [2.45, 2.75) is 128 Å². The highest BCUT2D eigenvalue weighted by Crippen LogP contribution is 2.50. The summed E-state index contributed by atoms with van der Waals surface area (Å²) in [6.07, 6.45) is 20.2. The van der Waals surface area contributed by atoms with Gasteiger partial charge in [0.25, 0.3) is 0 Å². The van der Waals surface area contributed by atoms with Crippen molar-refractivity contribution in [3.8, 4) is 0 Å². The minimum absolute atomic E-state index is 0.478. The molecule has 0 heterocycles. The zero-order valence-electron chi connectivity index (χ0n) is 18.8. The summed E-state index contributed by atoms with van der Waals surface area (Å²) in [6.45, 7) is 6.66. The van der Waals surface area contributed by atoms with Gasteiger partial charge in [0.1, 0.15) is 0 Å². The van der Waals surface area contributed by atoms with E-state index in [0.29, 0.717) is 0 Å². The molecule has 0 atom stereocenters. The van der Waals surface area contributed by atoms with Gasteiger partial charge in [-0.3, -0.25) is 4.52 Å². The van der Waals surface area contributed by atoms with Crippen LogP contribution in [0.3, 0.4) is 0 Å². The molecule has 0 aromatic carbocycles. The van der Waals surface area contributed by atoms with Gasteiger partial charge < -0.3 is 9.79 Å². The molecule has 3 nitrogen and oxygen atoms in total. The van der Waals surface area contributed by atoms with E-state index in [1.54, 1.807) is 23.5 Å². The van der Waals surface area contributed by atoms with Gasteiger partial charge >= 0.3 is 8.60 Å². The first-order chi connectivity index (χ1) is 13.6. The molecule has 28 heavy (non-hydrogen) atoms. The van der Waals surface area contributed by atoms with Crippen molar-refractivity contribution < 1.29 is 14.3 Å². The molecule has 0 rings (SSSR count). The molecule has 0 fully saturated rings. The molecule has 2 N–H and O–H groups in total. The third-order valence-corrected chi connectivity index (χ3v) is 8.79. The van der Waals surface area contributed by atoms with E-state index in [4.69, 9.17) is 4.52 Å². The summed E-state index contributed by atoms with van der Waals surface area (Å²) in [4.78, 5) is 19.1. The van der Waals surface area contributed by atoms with Crippen LogP contribution in [0.25, 0.3) is 0 Å². The van der Waals surface area contributed by atoms with E-state index < -0.39 is 12.9 Å². The Morgan fingerprint density at radius 1 is 0.607 bits per heavy atom. The highest BCUT2D eigenvalue weighted by atomic mass is 32.2. The van der Waals surface area contributed by atoms with Gasteiger partial charge in [-0.05, 0) is 30.8 Å². The largest absolute Gasteiger partial charge is 0.329 e. The maximum atomic E-state index is 9.53. The van der Waals surface area contributed by atoms with E-state index in [1.807, 2.05) is 0 Å². The second-order valence-electron chi connectivity index (χ2n) is 7.72. The van der Waals surface area contributed by atoms with Gasteiger partial charge in [0.2, 0.25) is 0 Å². The standard InChI is InChI=1S/C22H47O3PS2/c1-4-7-9-11-13-15-17-20-27-22(19-6-3,25-26(23)24)28-21-18-16-14-12-10-8-5-2/h23-24H,4-21H2,1-3H3. The van der Waals surface area contributed by atoms with Gasteiger partial charge in [-0.25, -0.2) is 0 Å². The highest BCUT2D eigenvalue weighted by Gasteiger charge is 2.34. The Hall–Kier alpha value is 1.01. The molecule has 0 unspecified atom stereocenters. The molecule has 0 aliphatic rings. The topological polar surface area (TPSA) is 49.7 Å². The summed E-state index contributed by atoms with van der Waals surface area (Å²) in [5.41, 5.74) is 0. The lowest BCUT2D eigenvalue weighted by Gasteiger charge is -2.32. The molecule has 0 spiro atoms. The molecular formula is C22H47O3PS2. The van der Waals surface area contributed by atoms with Crippen LogP contribution in [0.4, 0.5) is 0 Å². The van der Waals surface area contributed by atoms with Crippen molar-refractivity contribution in [3.05, 3.63) is 0 Å². The van der Waals surface area contributed by atoms with Crippen molar-refractivity contribution in [1.82, 2.24) is 0 Å². The van der Waals surface area contributed by atoms with Crippen LogP contribution in [-0.4, -0.2) is 25.6 Å². The van der Waals surface area contributed by atoms with Crippen LogP contribution in [0.2, 0.25) is 0 Å².